The SMILES string of the molecule is O=C1c2ccccc2NC2(C(=O)Nc3ccccc32)N1C1CCCCC1. The Morgan fingerprint density at radius 1 is 0.885 bits per heavy atom. The van der Waals surface area contributed by atoms with E-state index in [2.05, 4.69) is 10.6 Å². The normalized spacial score (nSPS) is 24.8. The van der Waals surface area contributed by atoms with Crippen LogP contribution >= 0.6 is 0 Å². The maximum atomic E-state index is 13.5. The first kappa shape index (κ1) is 15.4. The number of carbonyl (C=O) groups excluding carboxylic acids is 2. The van der Waals surface area contributed by atoms with Crippen LogP contribution in [0.5, 0.6) is 0 Å². The van der Waals surface area contributed by atoms with E-state index in [0.29, 0.717) is 5.56 Å². The predicted octanol–water partition coefficient (Wildman–Crippen LogP) is 3.69. The number of rotatable bonds is 1. The van der Waals surface area contributed by atoms with Gasteiger partial charge in [-0.1, -0.05) is 49.6 Å². The highest BCUT2D eigenvalue weighted by Crippen LogP contribution is 2.47. The highest BCUT2D eigenvalue weighted by Gasteiger charge is 2.58. The summed E-state index contributed by atoms with van der Waals surface area (Å²) >= 11 is 0. The standard InChI is InChI=1S/C21H21N3O2/c25-19-15-10-4-6-12-17(15)23-21(24(19)14-8-2-1-3-9-14)16-11-5-7-13-18(16)22-20(21)26/h4-7,10-14,23H,1-3,8-9H2,(H,22,26). The molecular formula is C21H21N3O2. The molecule has 1 saturated carbocycles. The van der Waals surface area contributed by atoms with Crippen molar-refractivity contribution in [3.63, 3.8) is 0 Å². The third kappa shape index (κ3) is 1.97. The third-order valence-electron chi connectivity index (χ3n) is 5.89. The molecule has 1 unspecified atom stereocenters. The molecule has 1 spiro atoms. The minimum Gasteiger partial charge on any atom is -0.350 e. The lowest BCUT2D eigenvalue weighted by molar-refractivity contribution is -0.126. The first-order valence-corrected chi connectivity index (χ1v) is 9.33. The summed E-state index contributed by atoms with van der Waals surface area (Å²) in [5.74, 6) is -0.231. The second-order valence-corrected chi connectivity index (χ2v) is 7.35. The highest BCUT2D eigenvalue weighted by molar-refractivity contribution is 6.14. The van der Waals surface area contributed by atoms with Gasteiger partial charge in [-0.3, -0.25) is 9.59 Å². The summed E-state index contributed by atoms with van der Waals surface area (Å²) in [6.07, 6.45) is 5.25. The Hall–Kier alpha value is -2.82. The molecule has 5 heteroatoms. The zero-order chi connectivity index (χ0) is 17.7. The molecule has 2 N–H and O–H groups in total. The molecule has 0 aromatic heterocycles. The van der Waals surface area contributed by atoms with Gasteiger partial charge in [0, 0.05) is 23.0 Å². The molecule has 5 rings (SSSR count). The van der Waals surface area contributed by atoms with Gasteiger partial charge in [-0.2, -0.15) is 0 Å². The average molecular weight is 347 g/mol. The maximum absolute atomic E-state index is 13.5. The molecule has 2 amide bonds. The number of benzene rings is 2. The van der Waals surface area contributed by atoms with Crippen molar-refractivity contribution in [3.8, 4) is 0 Å². The zero-order valence-electron chi connectivity index (χ0n) is 14.5. The monoisotopic (exact) mass is 347 g/mol. The Bertz CT molecular complexity index is 904. The molecule has 2 heterocycles. The molecule has 5 nitrogen and oxygen atoms in total. The second-order valence-electron chi connectivity index (χ2n) is 7.35. The van der Waals surface area contributed by atoms with Crippen molar-refractivity contribution in [1.82, 2.24) is 4.90 Å². The van der Waals surface area contributed by atoms with Crippen molar-refractivity contribution in [2.75, 3.05) is 10.6 Å². The summed E-state index contributed by atoms with van der Waals surface area (Å²) in [6, 6.07) is 15.2. The van der Waals surface area contributed by atoms with Gasteiger partial charge in [0.1, 0.15) is 0 Å². The molecule has 2 aromatic carbocycles. The van der Waals surface area contributed by atoms with Gasteiger partial charge >= 0.3 is 0 Å². The fourth-order valence-corrected chi connectivity index (χ4v) is 4.70. The summed E-state index contributed by atoms with van der Waals surface area (Å²) in [6.45, 7) is 0. The van der Waals surface area contributed by atoms with Crippen LogP contribution in [0.2, 0.25) is 0 Å². The van der Waals surface area contributed by atoms with E-state index in [4.69, 9.17) is 0 Å². The van der Waals surface area contributed by atoms with Crippen LogP contribution in [0, 0.1) is 0 Å². The lowest BCUT2D eigenvalue weighted by Gasteiger charge is -2.49. The highest BCUT2D eigenvalue weighted by atomic mass is 16.2. The fourth-order valence-electron chi connectivity index (χ4n) is 4.70. The van der Waals surface area contributed by atoms with E-state index in [1.165, 1.54) is 6.42 Å². The van der Waals surface area contributed by atoms with Crippen molar-refractivity contribution < 1.29 is 9.59 Å². The molecule has 132 valence electrons. The summed E-state index contributed by atoms with van der Waals surface area (Å²) in [4.78, 5) is 28.6. The van der Waals surface area contributed by atoms with Crippen LogP contribution < -0.4 is 10.6 Å². The van der Waals surface area contributed by atoms with E-state index in [9.17, 15) is 9.59 Å². The number of anilines is 2. The molecule has 0 saturated heterocycles. The van der Waals surface area contributed by atoms with Gasteiger partial charge in [0.15, 0.2) is 0 Å². The molecule has 3 aliphatic rings. The van der Waals surface area contributed by atoms with Crippen molar-refractivity contribution in [3.05, 3.63) is 59.7 Å². The number of nitrogens with zero attached hydrogens (tertiary/aromatic N) is 1. The first-order valence-electron chi connectivity index (χ1n) is 9.33. The summed E-state index contributed by atoms with van der Waals surface area (Å²) in [7, 11) is 0. The Balaban J connectivity index is 1.74. The maximum Gasteiger partial charge on any atom is 0.276 e. The zero-order valence-corrected chi connectivity index (χ0v) is 14.5. The van der Waals surface area contributed by atoms with E-state index in [1.807, 2.05) is 53.4 Å². The fraction of sp³-hybridized carbons (Fsp3) is 0.333. The number of hydrogen-bond donors (Lipinski definition) is 2. The topological polar surface area (TPSA) is 61.4 Å². The largest absolute Gasteiger partial charge is 0.350 e. The Morgan fingerprint density at radius 2 is 1.58 bits per heavy atom. The van der Waals surface area contributed by atoms with Crippen molar-refractivity contribution in [2.24, 2.45) is 0 Å². The minimum atomic E-state index is -1.16. The van der Waals surface area contributed by atoms with Crippen LogP contribution in [0.15, 0.2) is 48.5 Å². The lowest BCUT2D eigenvalue weighted by Crippen LogP contribution is -2.64. The quantitative estimate of drug-likeness (QED) is 0.827. The number of amides is 2. The average Bonchev–Trinajstić information content (AvgIpc) is 2.95. The van der Waals surface area contributed by atoms with E-state index >= 15 is 0 Å². The molecule has 2 aromatic rings. The summed E-state index contributed by atoms with van der Waals surface area (Å²) in [5.41, 5.74) is 1.80. The Kier molecular flexibility index (Phi) is 3.32. The van der Waals surface area contributed by atoms with E-state index in [-0.39, 0.29) is 17.9 Å². The number of para-hydroxylation sites is 2. The van der Waals surface area contributed by atoms with Crippen LogP contribution in [0.1, 0.15) is 48.0 Å². The van der Waals surface area contributed by atoms with Crippen molar-refractivity contribution >= 4 is 23.2 Å². The molecule has 0 radical (unpaired) electrons. The third-order valence-corrected chi connectivity index (χ3v) is 5.89. The van der Waals surface area contributed by atoms with Crippen LogP contribution in [-0.4, -0.2) is 22.8 Å². The molecule has 0 bridgehead atoms. The number of carbonyl (C=O) groups is 2. The summed E-state index contributed by atoms with van der Waals surface area (Å²) < 4.78 is 0. The van der Waals surface area contributed by atoms with Crippen LogP contribution in [0.4, 0.5) is 11.4 Å². The first-order chi connectivity index (χ1) is 12.7. The van der Waals surface area contributed by atoms with Gasteiger partial charge in [0.25, 0.3) is 11.8 Å². The Morgan fingerprint density at radius 3 is 2.38 bits per heavy atom. The van der Waals surface area contributed by atoms with Crippen LogP contribution in [0.3, 0.4) is 0 Å². The van der Waals surface area contributed by atoms with Gasteiger partial charge in [-0.05, 0) is 31.0 Å². The van der Waals surface area contributed by atoms with Gasteiger partial charge < -0.3 is 15.5 Å². The summed E-state index contributed by atoms with van der Waals surface area (Å²) in [5, 5.41) is 6.43. The van der Waals surface area contributed by atoms with E-state index in [1.54, 1.807) is 0 Å². The molecular weight excluding hydrogens is 326 g/mol. The molecule has 26 heavy (non-hydrogen) atoms. The molecule has 2 aliphatic heterocycles. The number of hydrogen-bond acceptors (Lipinski definition) is 3. The van der Waals surface area contributed by atoms with Gasteiger partial charge in [-0.15, -0.1) is 0 Å². The van der Waals surface area contributed by atoms with Crippen LogP contribution in [-0.2, 0) is 10.5 Å². The second kappa shape index (κ2) is 5.59. The van der Waals surface area contributed by atoms with E-state index in [0.717, 1.165) is 42.6 Å². The lowest BCUT2D eigenvalue weighted by atomic mass is 9.86. The number of fused-ring (bicyclic) bond motifs is 3. The van der Waals surface area contributed by atoms with E-state index < -0.39 is 5.66 Å². The van der Waals surface area contributed by atoms with Gasteiger partial charge in [0.2, 0.25) is 5.66 Å². The molecule has 1 aliphatic carbocycles. The molecule has 1 atom stereocenters. The van der Waals surface area contributed by atoms with Crippen LogP contribution in [0.25, 0.3) is 0 Å². The Labute approximate surface area is 152 Å². The molecule has 1 fully saturated rings. The van der Waals surface area contributed by atoms with Gasteiger partial charge in [0.05, 0.1) is 5.56 Å². The smallest absolute Gasteiger partial charge is 0.276 e. The van der Waals surface area contributed by atoms with Gasteiger partial charge in [-0.25, -0.2) is 0 Å². The predicted molar refractivity (Wildman–Crippen MR) is 99.9 cm³/mol. The van der Waals surface area contributed by atoms with Crippen molar-refractivity contribution in [1.29, 1.82) is 0 Å². The minimum absolute atomic E-state index is 0.0573. The number of nitrogens with one attached hydrogen (secondary N) is 2. The van der Waals surface area contributed by atoms with Crippen molar-refractivity contribution in [2.45, 2.75) is 43.8 Å².